The molecule has 0 spiro atoms. The second-order valence-electron chi connectivity index (χ2n) is 7.23. The Morgan fingerprint density at radius 2 is 1.68 bits per heavy atom. The Kier molecular flexibility index (Phi) is 7.96. The van der Waals surface area contributed by atoms with E-state index in [-0.39, 0.29) is 17.9 Å². The minimum atomic E-state index is -0.0678. The van der Waals surface area contributed by atoms with Crippen molar-refractivity contribution >= 4 is 11.8 Å². The maximum atomic E-state index is 12.9. The maximum absolute atomic E-state index is 12.9. The number of piperidine rings is 1. The zero-order chi connectivity index (χ0) is 20.7. The average molecular weight is 392 g/mol. The first-order chi connectivity index (χ1) is 13.4. The molecule has 1 atom stereocenters. The molecule has 1 N–H and O–H groups in total. The summed E-state index contributed by atoms with van der Waals surface area (Å²) in [5, 5.41) is 3.01. The van der Waals surface area contributed by atoms with Crippen LogP contribution in [-0.2, 0) is 4.79 Å². The highest BCUT2D eigenvalue weighted by molar-refractivity contribution is 5.95. The highest BCUT2D eigenvalue weighted by Crippen LogP contribution is 2.38. The highest BCUT2D eigenvalue weighted by Gasteiger charge is 2.27. The molecule has 2 rings (SSSR count). The molecule has 28 heavy (non-hydrogen) atoms. The zero-order valence-corrected chi connectivity index (χ0v) is 17.5. The fourth-order valence-corrected chi connectivity index (χ4v) is 3.43. The molecular weight excluding hydrogens is 360 g/mol. The van der Waals surface area contributed by atoms with Gasteiger partial charge in [0, 0.05) is 31.1 Å². The Balaban J connectivity index is 1.99. The highest BCUT2D eigenvalue weighted by atomic mass is 16.5. The van der Waals surface area contributed by atoms with Crippen LogP contribution in [0.1, 0.15) is 49.9 Å². The Labute approximate surface area is 167 Å². The number of methoxy groups -OCH3 is 3. The van der Waals surface area contributed by atoms with E-state index in [4.69, 9.17) is 14.2 Å². The monoisotopic (exact) mass is 392 g/mol. The van der Waals surface area contributed by atoms with Crippen molar-refractivity contribution in [1.29, 1.82) is 0 Å². The lowest BCUT2D eigenvalue weighted by Gasteiger charge is -2.32. The molecule has 2 amide bonds. The second kappa shape index (κ2) is 10.2. The van der Waals surface area contributed by atoms with Crippen LogP contribution < -0.4 is 19.5 Å². The molecule has 0 aliphatic carbocycles. The molecule has 1 fully saturated rings. The summed E-state index contributed by atoms with van der Waals surface area (Å²) in [6.07, 6.45) is 3.10. The Morgan fingerprint density at radius 1 is 1.11 bits per heavy atom. The van der Waals surface area contributed by atoms with E-state index in [1.807, 2.05) is 11.8 Å². The third-order valence-electron chi connectivity index (χ3n) is 5.31. The van der Waals surface area contributed by atoms with Gasteiger partial charge in [0.05, 0.1) is 21.3 Å². The van der Waals surface area contributed by atoms with Crippen molar-refractivity contribution in [2.45, 2.75) is 45.6 Å². The lowest BCUT2D eigenvalue weighted by atomic mass is 9.92. The fraction of sp³-hybridized carbons (Fsp3) is 0.619. The Morgan fingerprint density at radius 3 is 2.14 bits per heavy atom. The number of ether oxygens (including phenoxy) is 3. The summed E-state index contributed by atoms with van der Waals surface area (Å²) in [7, 11) is 4.59. The van der Waals surface area contributed by atoms with Crippen LogP contribution in [0.2, 0.25) is 0 Å². The van der Waals surface area contributed by atoms with E-state index in [1.165, 1.54) is 21.3 Å². The van der Waals surface area contributed by atoms with E-state index in [1.54, 1.807) is 12.1 Å². The van der Waals surface area contributed by atoms with Crippen LogP contribution in [0.25, 0.3) is 0 Å². The SMILES string of the molecule is CC[C@H](C)NC(=O)CC1CCN(C(=O)c2cc(OC)c(OC)c(OC)c2)CC1. The standard InChI is InChI=1S/C21H32N2O5/c1-6-14(2)22-19(24)11-15-7-9-23(10-8-15)21(25)16-12-17(26-3)20(28-5)18(13-16)27-4/h12-15H,6-11H2,1-5H3,(H,22,24)/t14-/m0/s1. The van der Waals surface area contributed by atoms with Gasteiger partial charge in [-0.05, 0) is 44.2 Å². The van der Waals surface area contributed by atoms with Crippen LogP contribution in [0, 0.1) is 5.92 Å². The molecule has 7 nitrogen and oxygen atoms in total. The lowest BCUT2D eigenvalue weighted by Crippen LogP contribution is -2.40. The van der Waals surface area contributed by atoms with Crippen LogP contribution in [-0.4, -0.2) is 57.2 Å². The minimum Gasteiger partial charge on any atom is -0.493 e. The van der Waals surface area contributed by atoms with Gasteiger partial charge in [-0.15, -0.1) is 0 Å². The molecule has 0 unspecified atom stereocenters. The van der Waals surface area contributed by atoms with Crippen molar-refractivity contribution in [2.75, 3.05) is 34.4 Å². The number of hydrogen-bond donors (Lipinski definition) is 1. The summed E-state index contributed by atoms with van der Waals surface area (Å²) >= 11 is 0. The van der Waals surface area contributed by atoms with Crippen molar-refractivity contribution < 1.29 is 23.8 Å². The predicted molar refractivity (Wildman–Crippen MR) is 107 cm³/mol. The summed E-state index contributed by atoms with van der Waals surface area (Å²) < 4.78 is 16.0. The molecule has 0 aromatic heterocycles. The number of likely N-dealkylation sites (tertiary alicyclic amines) is 1. The van der Waals surface area contributed by atoms with E-state index in [0.717, 1.165) is 19.3 Å². The van der Waals surface area contributed by atoms with E-state index in [0.29, 0.717) is 48.2 Å². The number of carbonyl (C=O) groups excluding carboxylic acids is 2. The average Bonchev–Trinajstić information content (AvgIpc) is 2.72. The van der Waals surface area contributed by atoms with E-state index in [2.05, 4.69) is 12.2 Å². The largest absolute Gasteiger partial charge is 0.493 e. The Hall–Kier alpha value is -2.44. The van der Waals surface area contributed by atoms with Crippen LogP contribution in [0.5, 0.6) is 17.2 Å². The molecular formula is C21H32N2O5. The predicted octanol–water partition coefficient (Wildman–Crippen LogP) is 2.87. The molecule has 0 saturated carbocycles. The van der Waals surface area contributed by atoms with Crippen LogP contribution >= 0.6 is 0 Å². The van der Waals surface area contributed by atoms with E-state index < -0.39 is 0 Å². The molecule has 1 heterocycles. The van der Waals surface area contributed by atoms with Crippen molar-refractivity contribution in [2.24, 2.45) is 5.92 Å². The molecule has 1 saturated heterocycles. The van der Waals surface area contributed by atoms with Gasteiger partial charge in [0.25, 0.3) is 5.91 Å². The van der Waals surface area contributed by atoms with Crippen LogP contribution in [0.4, 0.5) is 0 Å². The van der Waals surface area contributed by atoms with Crippen molar-refractivity contribution in [3.63, 3.8) is 0 Å². The molecule has 0 radical (unpaired) electrons. The summed E-state index contributed by atoms with van der Waals surface area (Å²) in [5.41, 5.74) is 0.502. The van der Waals surface area contributed by atoms with Crippen LogP contribution in [0.3, 0.4) is 0 Å². The molecule has 1 aliphatic heterocycles. The van der Waals surface area contributed by atoms with Crippen molar-refractivity contribution in [1.82, 2.24) is 10.2 Å². The first kappa shape index (κ1) is 21.9. The lowest BCUT2D eigenvalue weighted by molar-refractivity contribution is -0.122. The van der Waals surface area contributed by atoms with E-state index in [9.17, 15) is 9.59 Å². The molecule has 1 aliphatic rings. The maximum Gasteiger partial charge on any atom is 0.254 e. The molecule has 156 valence electrons. The Bertz CT molecular complexity index is 658. The zero-order valence-electron chi connectivity index (χ0n) is 17.5. The summed E-state index contributed by atoms with van der Waals surface area (Å²) in [4.78, 5) is 26.9. The van der Waals surface area contributed by atoms with Gasteiger partial charge < -0.3 is 24.4 Å². The van der Waals surface area contributed by atoms with Crippen molar-refractivity contribution in [3.8, 4) is 17.2 Å². The normalized spacial score (nSPS) is 15.7. The third-order valence-corrected chi connectivity index (χ3v) is 5.31. The van der Waals surface area contributed by atoms with Gasteiger partial charge in [-0.2, -0.15) is 0 Å². The third kappa shape index (κ3) is 5.30. The first-order valence-corrected chi connectivity index (χ1v) is 9.82. The number of carbonyl (C=O) groups is 2. The second-order valence-corrected chi connectivity index (χ2v) is 7.23. The summed E-state index contributed by atoms with van der Waals surface area (Å²) in [6, 6.07) is 3.55. The van der Waals surface area contributed by atoms with Gasteiger partial charge >= 0.3 is 0 Å². The summed E-state index contributed by atoms with van der Waals surface area (Å²) in [5.74, 6) is 1.73. The number of benzene rings is 1. The number of nitrogens with one attached hydrogen (secondary N) is 1. The minimum absolute atomic E-state index is 0.0678. The van der Waals surface area contributed by atoms with Gasteiger partial charge in [-0.3, -0.25) is 9.59 Å². The first-order valence-electron chi connectivity index (χ1n) is 9.82. The van der Waals surface area contributed by atoms with Crippen LogP contribution in [0.15, 0.2) is 12.1 Å². The van der Waals surface area contributed by atoms with Gasteiger partial charge in [-0.25, -0.2) is 0 Å². The van der Waals surface area contributed by atoms with E-state index >= 15 is 0 Å². The molecule has 1 aromatic carbocycles. The fourth-order valence-electron chi connectivity index (χ4n) is 3.43. The van der Waals surface area contributed by atoms with Gasteiger partial charge in [0.2, 0.25) is 11.7 Å². The molecule has 0 bridgehead atoms. The van der Waals surface area contributed by atoms with Gasteiger partial charge in [0.15, 0.2) is 11.5 Å². The van der Waals surface area contributed by atoms with Crippen molar-refractivity contribution in [3.05, 3.63) is 17.7 Å². The van der Waals surface area contributed by atoms with Gasteiger partial charge in [-0.1, -0.05) is 6.92 Å². The smallest absolute Gasteiger partial charge is 0.254 e. The molecule has 7 heteroatoms. The quantitative estimate of drug-likeness (QED) is 0.736. The number of amides is 2. The van der Waals surface area contributed by atoms with Gasteiger partial charge in [0.1, 0.15) is 0 Å². The molecule has 1 aromatic rings. The topological polar surface area (TPSA) is 77.1 Å². The number of rotatable bonds is 8. The number of nitrogens with zero attached hydrogens (tertiary/aromatic N) is 1. The summed E-state index contributed by atoms with van der Waals surface area (Å²) in [6.45, 7) is 5.34. The number of hydrogen-bond acceptors (Lipinski definition) is 5.